The molecule has 0 spiro atoms. The maximum atomic E-state index is 10.6. The van der Waals surface area contributed by atoms with Gasteiger partial charge in [0.1, 0.15) is 0 Å². The summed E-state index contributed by atoms with van der Waals surface area (Å²) in [6, 6.07) is 0. The maximum Gasteiger partial charge on any atom is 0.307 e. The summed E-state index contributed by atoms with van der Waals surface area (Å²) in [5.41, 5.74) is 0. The van der Waals surface area contributed by atoms with Gasteiger partial charge in [0.05, 0.1) is 5.92 Å². The van der Waals surface area contributed by atoms with Crippen LogP contribution in [-0.2, 0) is 9.53 Å². The Bertz CT molecular complexity index is 185. The fraction of sp³-hybridized carbons (Fsp3) is 0.917. The second-order valence-electron chi connectivity index (χ2n) is 4.32. The molecule has 0 radical (unpaired) electrons. The number of aliphatic carboxylic acids is 1. The van der Waals surface area contributed by atoms with Crippen LogP contribution in [0.5, 0.6) is 0 Å². The molecule has 0 fully saturated rings. The Labute approximate surface area is 98.6 Å². The van der Waals surface area contributed by atoms with Crippen LogP contribution in [-0.4, -0.2) is 49.3 Å². The standard InChI is InChI=1S/C12H25NO3/c1-4-5-8-16-9-6-7-13(3)10-11(2)12(14)15/h11H,4-10H2,1-3H3,(H,14,15). The van der Waals surface area contributed by atoms with Crippen molar-refractivity contribution in [1.29, 1.82) is 0 Å². The molecule has 4 heteroatoms. The fourth-order valence-electron chi connectivity index (χ4n) is 1.42. The van der Waals surface area contributed by atoms with Crippen molar-refractivity contribution in [2.75, 3.05) is 33.4 Å². The molecule has 0 bridgehead atoms. The lowest BCUT2D eigenvalue weighted by Crippen LogP contribution is -2.29. The van der Waals surface area contributed by atoms with Crippen LogP contribution in [0.15, 0.2) is 0 Å². The molecule has 0 aromatic carbocycles. The quantitative estimate of drug-likeness (QED) is 0.583. The second kappa shape index (κ2) is 9.60. The first-order valence-corrected chi connectivity index (χ1v) is 6.07. The molecule has 0 amide bonds. The number of nitrogens with zero attached hydrogens (tertiary/aromatic N) is 1. The molecule has 0 saturated carbocycles. The van der Waals surface area contributed by atoms with Crippen LogP contribution in [0.2, 0.25) is 0 Å². The molecular weight excluding hydrogens is 206 g/mol. The summed E-state index contributed by atoms with van der Waals surface area (Å²) < 4.78 is 5.43. The lowest BCUT2D eigenvalue weighted by atomic mass is 10.2. The van der Waals surface area contributed by atoms with Gasteiger partial charge in [-0.2, -0.15) is 0 Å². The van der Waals surface area contributed by atoms with Gasteiger partial charge in [-0.25, -0.2) is 0 Å². The zero-order valence-electron chi connectivity index (χ0n) is 10.7. The highest BCUT2D eigenvalue weighted by Crippen LogP contribution is 1.99. The Morgan fingerprint density at radius 2 is 2.00 bits per heavy atom. The molecule has 16 heavy (non-hydrogen) atoms. The number of rotatable bonds is 10. The van der Waals surface area contributed by atoms with Gasteiger partial charge in [-0.1, -0.05) is 20.3 Å². The van der Waals surface area contributed by atoms with Gasteiger partial charge in [0.15, 0.2) is 0 Å². The highest BCUT2D eigenvalue weighted by Gasteiger charge is 2.12. The van der Waals surface area contributed by atoms with Crippen molar-refractivity contribution in [1.82, 2.24) is 4.90 Å². The Kier molecular flexibility index (Phi) is 9.24. The van der Waals surface area contributed by atoms with Gasteiger partial charge in [0, 0.05) is 26.3 Å². The third-order valence-corrected chi connectivity index (χ3v) is 2.48. The van der Waals surface area contributed by atoms with Crippen LogP contribution in [0.4, 0.5) is 0 Å². The third kappa shape index (κ3) is 8.68. The largest absolute Gasteiger partial charge is 0.481 e. The van der Waals surface area contributed by atoms with Crippen molar-refractivity contribution in [3.05, 3.63) is 0 Å². The minimum absolute atomic E-state index is 0.300. The molecule has 0 rings (SSSR count). The highest BCUT2D eigenvalue weighted by atomic mass is 16.5. The number of carboxylic acids is 1. The molecule has 1 unspecified atom stereocenters. The van der Waals surface area contributed by atoms with Crippen molar-refractivity contribution < 1.29 is 14.6 Å². The van der Waals surface area contributed by atoms with Crippen LogP contribution in [0.1, 0.15) is 33.1 Å². The molecule has 96 valence electrons. The first-order valence-electron chi connectivity index (χ1n) is 6.07. The molecule has 0 aliphatic carbocycles. The average Bonchev–Trinajstić information content (AvgIpc) is 2.23. The van der Waals surface area contributed by atoms with Crippen LogP contribution in [0.3, 0.4) is 0 Å². The van der Waals surface area contributed by atoms with Crippen molar-refractivity contribution >= 4 is 5.97 Å². The van der Waals surface area contributed by atoms with E-state index in [2.05, 4.69) is 6.92 Å². The zero-order chi connectivity index (χ0) is 12.4. The first kappa shape index (κ1) is 15.4. The van der Waals surface area contributed by atoms with Gasteiger partial charge < -0.3 is 14.7 Å². The summed E-state index contributed by atoms with van der Waals surface area (Å²) in [6.07, 6.45) is 3.24. The van der Waals surface area contributed by atoms with Gasteiger partial charge in [0.25, 0.3) is 0 Å². The maximum absolute atomic E-state index is 10.6. The predicted octanol–water partition coefficient (Wildman–Crippen LogP) is 1.85. The number of hydrogen-bond donors (Lipinski definition) is 1. The number of carboxylic acid groups (broad SMARTS) is 1. The van der Waals surface area contributed by atoms with Crippen LogP contribution in [0.25, 0.3) is 0 Å². The minimum Gasteiger partial charge on any atom is -0.481 e. The minimum atomic E-state index is -0.731. The molecule has 0 saturated heterocycles. The van der Waals surface area contributed by atoms with E-state index in [0.717, 1.165) is 39.0 Å². The molecule has 0 aromatic heterocycles. The van der Waals surface area contributed by atoms with Crippen LogP contribution >= 0.6 is 0 Å². The summed E-state index contributed by atoms with van der Waals surface area (Å²) in [6.45, 7) is 6.98. The second-order valence-corrected chi connectivity index (χ2v) is 4.32. The summed E-state index contributed by atoms with van der Waals surface area (Å²) in [5, 5.41) is 8.75. The Balaban J connectivity index is 3.36. The Hall–Kier alpha value is -0.610. The molecular formula is C12H25NO3. The van der Waals surface area contributed by atoms with Crippen LogP contribution in [0, 0.1) is 5.92 Å². The SMILES string of the molecule is CCCCOCCCN(C)CC(C)C(=O)O. The van der Waals surface area contributed by atoms with E-state index >= 15 is 0 Å². The van der Waals surface area contributed by atoms with Crippen molar-refractivity contribution in [2.45, 2.75) is 33.1 Å². The van der Waals surface area contributed by atoms with E-state index in [1.807, 2.05) is 11.9 Å². The van der Waals surface area contributed by atoms with E-state index < -0.39 is 5.97 Å². The molecule has 0 heterocycles. The highest BCUT2D eigenvalue weighted by molar-refractivity contribution is 5.69. The molecule has 0 aliphatic heterocycles. The molecule has 0 aromatic rings. The van der Waals surface area contributed by atoms with Gasteiger partial charge in [-0.3, -0.25) is 4.79 Å². The lowest BCUT2D eigenvalue weighted by molar-refractivity contribution is -0.141. The third-order valence-electron chi connectivity index (χ3n) is 2.48. The van der Waals surface area contributed by atoms with E-state index in [4.69, 9.17) is 9.84 Å². The van der Waals surface area contributed by atoms with Crippen molar-refractivity contribution in [3.8, 4) is 0 Å². The molecule has 1 atom stereocenters. The first-order chi connectivity index (χ1) is 7.57. The average molecular weight is 231 g/mol. The van der Waals surface area contributed by atoms with Gasteiger partial charge in [-0.15, -0.1) is 0 Å². The number of carbonyl (C=O) groups is 1. The molecule has 0 aliphatic rings. The number of ether oxygens (including phenoxy) is 1. The number of hydrogen-bond acceptors (Lipinski definition) is 3. The van der Waals surface area contributed by atoms with E-state index in [1.54, 1.807) is 6.92 Å². The molecule has 4 nitrogen and oxygen atoms in total. The van der Waals surface area contributed by atoms with E-state index in [0.29, 0.717) is 6.54 Å². The van der Waals surface area contributed by atoms with E-state index in [9.17, 15) is 4.79 Å². The summed E-state index contributed by atoms with van der Waals surface area (Å²) in [5.74, 6) is -1.03. The van der Waals surface area contributed by atoms with E-state index in [-0.39, 0.29) is 5.92 Å². The van der Waals surface area contributed by atoms with E-state index in [1.165, 1.54) is 0 Å². The fourth-order valence-corrected chi connectivity index (χ4v) is 1.42. The van der Waals surface area contributed by atoms with Gasteiger partial charge in [0.2, 0.25) is 0 Å². The number of unbranched alkanes of at least 4 members (excludes halogenated alkanes) is 1. The topological polar surface area (TPSA) is 49.8 Å². The van der Waals surface area contributed by atoms with Gasteiger partial charge in [-0.05, 0) is 19.9 Å². The molecule has 1 N–H and O–H groups in total. The summed E-state index contributed by atoms with van der Waals surface area (Å²) in [4.78, 5) is 12.7. The Morgan fingerprint density at radius 1 is 1.38 bits per heavy atom. The smallest absolute Gasteiger partial charge is 0.307 e. The predicted molar refractivity (Wildman–Crippen MR) is 64.6 cm³/mol. The van der Waals surface area contributed by atoms with Crippen LogP contribution < -0.4 is 0 Å². The lowest BCUT2D eigenvalue weighted by Gasteiger charge is -2.18. The summed E-state index contributed by atoms with van der Waals surface area (Å²) >= 11 is 0. The Morgan fingerprint density at radius 3 is 2.56 bits per heavy atom. The van der Waals surface area contributed by atoms with Crippen molar-refractivity contribution in [2.24, 2.45) is 5.92 Å². The van der Waals surface area contributed by atoms with Crippen molar-refractivity contribution in [3.63, 3.8) is 0 Å². The summed E-state index contributed by atoms with van der Waals surface area (Å²) in [7, 11) is 1.95. The van der Waals surface area contributed by atoms with Gasteiger partial charge >= 0.3 is 5.97 Å². The normalized spacial score (nSPS) is 13.0. The zero-order valence-corrected chi connectivity index (χ0v) is 10.7. The monoisotopic (exact) mass is 231 g/mol.